The molecule has 0 saturated heterocycles. The second kappa shape index (κ2) is 7.06. The molecule has 84 valence electrons. The third-order valence-corrected chi connectivity index (χ3v) is 1.82. The molecule has 0 amide bonds. The number of benzene rings is 1. The third kappa shape index (κ3) is 4.28. The Morgan fingerprint density at radius 2 is 1.38 bits per heavy atom. The van der Waals surface area contributed by atoms with Crippen LogP contribution in [-0.2, 0) is 0 Å². The lowest BCUT2D eigenvalue weighted by Gasteiger charge is -2.03. The Hall–Kier alpha value is -2.29. The molecule has 1 rings (SSSR count). The number of hydrogen-bond acceptors (Lipinski definition) is 1. The van der Waals surface area contributed by atoms with Crippen LogP contribution in [0.3, 0.4) is 0 Å². The van der Waals surface area contributed by atoms with Crippen molar-refractivity contribution < 1.29 is 15.0 Å². The first-order chi connectivity index (χ1) is 7.56. The van der Waals surface area contributed by atoms with Gasteiger partial charge in [0.2, 0.25) is 0 Å². The van der Waals surface area contributed by atoms with Gasteiger partial charge in [0.25, 0.3) is 0 Å². The monoisotopic (exact) mass is 218 g/mol. The van der Waals surface area contributed by atoms with E-state index >= 15 is 0 Å². The summed E-state index contributed by atoms with van der Waals surface area (Å²) in [7, 11) is 0. The van der Waals surface area contributed by atoms with Crippen LogP contribution in [0.25, 0.3) is 18.2 Å². The predicted octanol–water partition coefficient (Wildman–Crippen LogP) is 3.84. The van der Waals surface area contributed by atoms with Crippen LogP contribution in [0.2, 0.25) is 0 Å². The Bertz CT molecular complexity index is 375. The van der Waals surface area contributed by atoms with Crippen molar-refractivity contribution >= 4 is 24.4 Å². The maximum atomic E-state index is 8.56. The highest BCUT2D eigenvalue weighted by molar-refractivity contribution is 5.72. The van der Waals surface area contributed by atoms with Gasteiger partial charge in [-0.25, -0.2) is 4.79 Å². The van der Waals surface area contributed by atoms with Crippen molar-refractivity contribution in [3.8, 4) is 0 Å². The van der Waals surface area contributed by atoms with Gasteiger partial charge in [0.05, 0.1) is 0 Å². The van der Waals surface area contributed by atoms with Gasteiger partial charge < -0.3 is 10.2 Å². The zero-order valence-electron chi connectivity index (χ0n) is 8.89. The fraction of sp³-hybridized carbons (Fsp3) is 0. The first kappa shape index (κ1) is 13.7. The maximum Gasteiger partial charge on any atom is 0.503 e. The fourth-order valence-electron chi connectivity index (χ4n) is 1.19. The summed E-state index contributed by atoms with van der Waals surface area (Å²) in [5.74, 6) is 0. The molecule has 0 aliphatic rings. The smallest absolute Gasteiger partial charge is 0.450 e. The quantitative estimate of drug-likeness (QED) is 0.810. The van der Waals surface area contributed by atoms with Crippen LogP contribution in [0.4, 0.5) is 4.79 Å². The molecule has 0 spiro atoms. The highest BCUT2D eigenvalue weighted by atomic mass is 16.6. The van der Waals surface area contributed by atoms with Gasteiger partial charge in [0.1, 0.15) is 0 Å². The lowest BCUT2D eigenvalue weighted by Crippen LogP contribution is -1.84. The molecule has 0 saturated carbocycles. The summed E-state index contributed by atoms with van der Waals surface area (Å²) in [6.45, 7) is 11.2. The summed E-state index contributed by atoms with van der Waals surface area (Å²) in [6.07, 6.45) is 3.64. The molecule has 16 heavy (non-hydrogen) atoms. The first-order valence-electron chi connectivity index (χ1n) is 4.49. The van der Waals surface area contributed by atoms with E-state index in [2.05, 4.69) is 19.7 Å². The number of rotatable bonds is 3. The first-order valence-corrected chi connectivity index (χ1v) is 4.49. The highest BCUT2D eigenvalue weighted by Gasteiger charge is 1.97. The molecule has 0 fully saturated rings. The van der Waals surface area contributed by atoms with E-state index in [1.807, 2.05) is 36.4 Å². The van der Waals surface area contributed by atoms with Crippen molar-refractivity contribution in [1.29, 1.82) is 0 Å². The van der Waals surface area contributed by atoms with Gasteiger partial charge in [-0.15, -0.1) is 0 Å². The van der Waals surface area contributed by atoms with E-state index in [0.29, 0.717) is 0 Å². The van der Waals surface area contributed by atoms with E-state index in [-0.39, 0.29) is 0 Å². The minimum Gasteiger partial charge on any atom is -0.450 e. The average molecular weight is 218 g/mol. The lowest BCUT2D eigenvalue weighted by atomic mass is 10.0. The van der Waals surface area contributed by atoms with Crippen LogP contribution >= 0.6 is 0 Å². The van der Waals surface area contributed by atoms with Crippen LogP contribution < -0.4 is 0 Å². The van der Waals surface area contributed by atoms with Crippen LogP contribution in [0, 0.1) is 0 Å². The standard InChI is InChI=1S/C12H12.CH2O3/c1-4-10-8-7-9-11(5-2)12(10)6-3;2-1(3)4/h4-9H,1-3H2;(H2,2,3,4). The molecule has 1 aromatic rings. The zero-order chi connectivity index (χ0) is 12.6. The molecular formula is C13H14O3. The topological polar surface area (TPSA) is 57.5 Å². The molecule has 0 heterocycles. The normalized spacial score (nSPS) is 8.25. The molecule has 1 aromatic carbocycles. The third-order valence-electron chi connectivity index (χ3n) is 1.82. The van der Waals surface area contributed by atoms with E-state index in [0.717, 1.165) is 16.7 Å². The van der Waals surface area contributed by atoms with Gasteiger partial charge >= 0.3 is 6.16 Å². The van der Waals surface area contributed by atoms with E-state index in [1.54, 1.807) is 0 Å². The van der Waals surface area contributed by atoms with Crippen molar-refractivity contribution in [3.63, 3.8) is 0 Å². The lowest BCUT2D eigenvalue weighted by molar-refractivity contribution is 0.137. The second-order valence-corrected chi connectivity index (χ2v) is 2.75. The van der Waals surface area contributed by atoms with E-state index < -0.39 is 6.16 Å². The number of carbonyl (C=O) groups is 1. The van der Waals surface area contributed by atoms with Crippen molar-refractivity contribution in [2.45, 2.75) is 0 Å². The van der Waals surface area contributed by atoms with E-state index in [1.165, 1.54) is 0 Å². The Balaban J connectivity index is 0.000000487. The number of hydrogen-bond donors (Lipinski definition) is 2. The molecule has 0 aromatic heterocycles. The van der Waals surface area contributed by atoms with Gasteiger partial charge in [-0.05, 0) is 16.7 Å². The fourth-order valence-corrected chi connectivity index (χ4v) is 1.19. The highest BCUT2D eigenvalue weighted by Crippen LogP contribution is 2.17. The molecule has 0 aliphatic carbocycles. The number of carboxylic acid groups (broad SMARTS) is 2. The summed E-state index contributed by atoms with van der Waals surface area (Å²) in [6, 6.07) is 6.01. The average Bonchev–Trinajstić information content (AvgIpc) is 2.26. The van der Waals surface area contributed by atoms with Crippen LogP contribution in [0.5, 0.6) is 0 Å². The van der Waals surface area contributed by atoms with Gasteiger partial charge in [0.15, 0.2) is 0 Å². The molecule has 0 aliphatic heterocycles. The largest absolute Gasteiger partial charge is 0.503 e. The molecule has 3 nitrogen and oxygen atoms in total. The van der Waals surface area contributed by atoms with Crippen LogP contribution in [-0.4, -0.2) is 16.4 Å². The molecule has 0 atom stereocenters. The van der Waals surface area contributed by atoms with Crippen LogP contribution in [0.15, 0.2) is 37.9 Å². The van der Waals surface area contributed by atoms with Crippen LogP contribution in [0.1, 0.15) is 16.7 Å². The molecular weight excluding hydrogens is 204 g/mol. The Kier molecular flexibility index (Phi) is 6.05. The molecule has 0 unspecified atom stereocenters. The maximum absolute atomic E-state index is 8.56. The molecule has 0 bridgehead atoms. The minimum atomic E-state index is -1.83. The Morgan fingerprint density at radius 3 is 1.62 bits per heavy atom. The zero-order valence-corrected chi connectivity index (χ0v) is 8.89. The Labute approximate surface area is 94.7 Å². The second-order valence-electron chi connectivity index (χ2n) is 2.75. The van der Waals surface area contributed by atoms with Gasteiger partial charge in [-0.2, -0.15) is 0 Å². The predicted molar refractivity (Wildman–Crippen MR) is 67.4 cm³/mol. The van der Waals surface area contributed by atoms with Crippen molar-refractivity contribution in [1.82, 2.24) is 0 Å². The van der Waals surface area contributed by atoms with Crippen molar-refractivity contribution in [2.75, 3.05) is 0 Å². The van der Waals surface area contributed by atoms with Gasteiger partial charge in [-0.3, -0.25) is 0 Å². The SMILES string of the molecule is C=Cc1cccc(C=C)c1C=C.O=C(O)O. The summed E-state index contributed by atoms with van der Waals surface area (Å²) in [5.41, 5.74) is 3.30. The molecule has 3 heteroatoms. The Morgan fingerprint density at radius 1 is 1.00 bits per heavy atom. The molecule has 2 N–H and O–H groups in total. The van der Waals surface area contributed by atoms with E-state index in [9.17, 15) is 0 Å². The minimum absolute atomic E-state index is 1.10. The van der Waals surface area contributed by atoms with Gasteiger partial charge in [-0.1, -0.05) is 56.2 Å². The van der Waals surface area contributed by atoms with Gasteiger partial charge in [0, 0.05) is 0 Å². The molecule has 0 radical (unpaired) electrons. The van der Waals surface area contributed by atoms with Crippen molar-refractivity contribution in [2.24, 2.45) is 0 Å². The summed E-state index contributed by atoms with van der Waals surface area (Å²) in [5, 5.41) is 13.9. The summed E-state index contributed by atoms with van der Waals surface area (Å²) >= 11 is 0. The van der Waals surface area contributed by atoms with E-state index in [4.69, 9.17) is 15.0 Å². The summed E-state index contributed by atoms with van der Waals surface area (Å²) < 4.78 is 0. The summed E-state index contributed by atoms with van der Waals surface area (Å²) in [4.78, 5) is 8.56. The van der Waals surface area contributed by atoms with Crippen molar-refractivity contribution in [3.05, 3.63) is 54.6 Å².